The molecule has 1 heterocycles. The average Bonchev–Trinajstić information content (AvgIpc) is 3.04. The number of nitrogens with two attached hydrogens (primary N) is 1. The summed E-state index contributed by atoms with van der Waals surface area (Å²) in [6.07, 6.45) is 2.35. The number of rotatable bonds is 3. The van der Waals surface area contributed by atoms with Gasteiger partial charge in [0, 0.05) is 5.56 Å². The van der Waals surface area contributed by atoms with Crippen LogP contribution in [0, 0.1) is 19.8 Å². The van der Waals surface area contributed by atoms with Crippen LogP contribution in [0.2, 0.25) is 0 Å². The van der Waals surface area contributed by atoms with Crippen molar-refractivity contribution in [3.05, 3.63) is 35.2 Å². The van der Waals surface area contributed by atoms with Crippen molar-refractivity contribution in [3.63, 3.8) is 0 Å². The molecule has 1 aliphatic rings. The molecular formula is C14H17N3O. The predicted octanol–water partition coefficient (Wildman–Crippen LogP) is 2.76. The molecule has 4 nitrogen and oxygen atoms in total. The Bertz CT molecular complexity index is 552. The number of aryl methyl sites for hydroxylation is 2. The van der Waals surface area contributed by atoms with Crippen LogP contribution < -0.4 is 5.73 Å². The highest BCUT2D eigenvalue weighted by Gasteiger charge is 2.32. The lowest BCUT2D eigenvalue weighted by molar-refractivity contribution is 0.411. The van der Waals surface area contributed by atoms with Gasteiger partial charge in [-0.05, 0) is 44.7 Å². The molecule has 0 radical (unpaired) electrons. The van der Waals surface area contributed by atoms with E-state index < -0.39 is 0 Å². The van der Waals surface area contributed by atoms with E-state index in [0.717, 1.165) is 5.56 Å². The van der Waals surface area contributed by atoms with Crippen molar-refractivity contribution in [3.8, 4) is 11.5 Å². The van der Waals surface area contributed by atoms with Crippen molar-refractivity contribution in [2.75, 3.05) is 0 Å². The molecule has 2 aromatic rings. The molecule has 0 saturated heterocycles. The topological polar surface area (TPSA) is 64.9 Å². The predicted molar refractivity (Wildman–Crippen MR) is 68.9 cm³/mol. The molecule has 18 heavy (non-hydrogen) atoms. The van der Waals surface area contributed by atoms with Crippen LogP contribution in [-0.4, -0.2) is 10.1 Å². The highest BCUT2D eigenvalue weighted by atomic mass is 16.5. The van der Waals surface area contributed by atoms with E-state index in [1.165, 1.54) is 24.0 Å². The van der Waals surface area contributed by atoms with Gasteiger partial charge in [0.05, 0.1) is 6.04 Å². The third-order valence-electron chi connectivity index (χ3n) is 3.34. The molecule has 1 aliphatic carbocycles. The minimum Gasteiger partial charge on any atom is -0.334 e. The highest BCUT2D eigenvalue weighted by Crippen LogP contribution is 2.38. The zero-order chi connectivity index (χ0) is 12.7. The van der Waals surface area contributed by atoms with Crippen LogP contribution in [0.4, 0.5) is 0 Å². The van der Waals surface area contributed by atoms with Crippen LogP contribution in [0.15, 0.2) is 22.7 Å². The molecule has 0 bridgehead atoms. The van der Waals surface area contributed by atoms with Crippen molar-refractivity contribution >= 4 is 0 Å². The van der Waals surface area contributed by atoms with E-state index in [-0.39, 0.29) is 6.04 Å². The summed E-state index contributed by atoms with van der Waals surface area (Å²) in [6.45, 7) is 4.12. The van der Waals surface area contributed by atoms with E-state index in [1.807, 2.05) is 12.1 Å². The van der Waals surface area contributed by atoms with Gasteiger partial charge in [-0.25, -0.2) is 0 Å². The van der Waals surface area contributed by atoms with Gasteiger partial charge >= 0.3 is 0 Å². The molecule has 0 amide bonds. The van der Waals surface area contributed by atoms with Gasteiger partial charge in [-0.3, -0.25) is 0 Å². The lowest BCUT2D eigenvalue weighted by Crippen LogP contribution is -2.13. The maximum absolute atomic E-state index is 6.07. The van der Waals surface area contributed by atoms with Gasteiger partial charge in [0.2, 0.25) is 0 Å². The molecule has 0 spiro atoms. The molecule has 0 aliphatic heterocycles. The van der Waals surface area contributed by atoms with Gasteiger partial charge in [0.15, 0.2) is 5.82 Å². The molecule has 3 rings (SSSR count). The maximum Gasteiger partial charge on any atom is 0.257 e. The summed E-state index contributed by atoms with van der Waals surface area (Å²) in [6, 6.07) is 6.14. The second-order valence-electron chi connectivity index (χ2n) is 5.20. The highest BCUT2D eigenvalue weighted by molar-refractivity contribution is 5.55. The quantitative estimate of drug-likeness (QED) is 0.900. The second kappa shape index (κ2) is 4.21. The van der Waals surface area contributed by atoms with Crippen LogP contribution in [0.1, 0.15) is 35.8 Å². The Labute approximate surface area is 106 Å². The minimum absolute atomic E-state index is 0.0755. The number of aromatic nitrogens is 2. The largest absolute Gasteiger partial charge is 0.334 e. The zero-order valence-electron chi connectivity index (χ0n) is 10.7. The molecule has 1 aromatic carbocycles. The van der Waals surface area contributed by atoms with Crippen molar-refractivity contribution in [1.82, 2.24) is 10.1 Å². The number of hydrogen-bond donors (Lipinski definition) is 1. The molecular weight excluding hydrogens is 226 g/mol. The van der Waals surface area contributed by atoms with E-state index in [2.05, 4.69) is 30.1 Å². The summed E-state index contributed by atoms with van der Waals surface area (Å²) >= 11 is 0. The first-order chi connectivity index (χ1) is 8.63. The summed E-state index contributed by atoms with van der Waals surface area (Å²) in [4.78, 5) is 4.42. The fourth-order valence-electron chi connectivity index (χ4n) is 2.25. The first-order valence-electron chi connectivity index (χ1n) is 6.31. The molecule has 1 unspecified atom stereocenters. The van der Waals surface area contributed by atoms with E-state index in [4.69, 9.17) is 10.3 Å². The molecule has 1 atom stereocenters. The van der Waals surface area contributed by atoms with Crippen LogP contribution in [-0.2, 0) is 0 Å². The fraction of sp³-hybridized carbons (Fsp3) is 0.429. The van der Waals surface area contributed by atoms with E-state index in [1.54, 1.807) is 0 Å². The third-order valence-corrected chi connectivity index (χ3v) is 3.34. The van der Waals surface area contributed by atoms with Crippen molar-refractivity contribution in [2.24, 2.45) is 11.7 Å². The van der Waals surface area contributed by atoms with Crippen LogP contribution >= 0.6 is 0 Å². The van der Waals surface area contributed by atoms with Gasteiger partial charge in [0.1, 0.15) is 0 Å². The molecule has 94 valence electrons. The molecule has 1 fully saturated rings. The Kier molecular flexibility index (Phi) is 2.67. The molecule has 4 heteroatoms. The summed E-state index contributed by atoms with van der Waals surface area (Å²) in [5, 5.41) is 4.00. The summed E-state index contributed by atoms with van der Waals surface area (Å²) in [5.74, 6) is 1.73. The van der Waals surface area contributed by atoms with Crippen molar-refractivity contribution < 1.29 is 4.52 Å². The van der Waals surface area contributed by atoms with Crippen LogP contribution in [0.5, 0.6) is 0 Å². The van der Waals surface area contributed by atoms with E-state index >= 15 is 0 Å². The normalized spacial score (nSPS) is 16.8. The SMILES string of the molecule is Cc1cc(C)cc(-c2nc(C(N)C3CC3)no2)c1. The summed E-state index contributed by atoms with van der Waals surface area (Å²) in [5.41, 5.74) is 9.42. The smallest absolute Gasteiger partial charge is 0.257 e. The first kappa shape index (κ1) is 11.4. The van der Waals surface area contributed by atoms with Gasteiger partial charge in [-0.15, -0.1) is 0 Å². The van der Waals surface area contributed by atoms with Crippen LogP contribution in [0.25, 0.3) is 11.5 Å². The Balaban J connectivity index is 1.92. The van der Waals surface area contributed by atoms with Gasteiger partial charge in [-0.2, -0.15) is 4.98 Å². The zero-order valence-corrected chi connectivity index (χ0v) is 10.7. The molecule has 1 aromatic heterocycles. The van der Waals surface area contributed by atoms with Gasteiger partial charge < -0.3 is 10.3 Å². The minimum atomic E-state index is -0.0755. The maximum atomic E-state index is 6.07. The Hall–Kier alpha value is -1.68. The van der Waals surface area contributed by atoms with E-state index in [0.29, 0.717) is 17.6 Å². The monoisotopic (exact) mass is 243 g/mol. The lowest BCUT2D eigenvalue weighted by atomic mass is 10.1. The number of nitrogens with zero attached hydrogens (tertiary/aromatic N) is 2. The Morgan fingerprint density at radius 3 is 2.50 bits per heavy atom. The van der Waals surface area contributed by atoms with Gasteiger partial charge in [0.25, 0.3) is 5.89 Å². The van der Waals surface area contributed by atoms with Crippen molar-refractivity contribution in [2.45, 2.75) is 32.7 Å². The van der Waals surface area contributed by atoms with Gasteiger partial charge in [-0.1, -0.05) is 22.3 Å². The molecule has 2 N–H and O–H groups in total. The standard InChI is InChI=1S/C14H17N3O/c1-8-5-9(2)7-11(6-8)14-16-13(17-18-14)12(15)10-3-4-10/h5-7,10,12H,3-4,15H2,1-2H3. The van der Waals surface area contributed by atoms with Crippen LogP contribution in [0.3, 0.4) is 0 Å². The third kappa shape index (κ3) is 2.16. The Morgan fingerprint density at radius 1 is 1.22 bits per heavy atom. The Morgan fingerprint density at radius 2 is 1.89 bits per heavy atom. The second-order valence-corrected chi connectivity index (χ2v) is 5.20. The summed E-state index contributed by atoms with van der Waals surface area (Å²) < 4.78 is 5.32. The number of hydrogen-bond acceptors (Lipinski definition) is 4. The number of benzene rings is 1. The lowest BCUT2D eigenvalue weighted by Gasteiger charge is -2.02. The average molecular weight is 243 g/mol. The molecule has 1 saturated carbocycles. The van der Waals surface area contributed by atoms with Crippen molar-refractivity contribution in [1.29, 1.82) is 0 Å². The summed E-state index contributed by atoms with van der Waals surface area (Å²) in [7, 11) is 0. The van der Waals surface area contributed by atoms with E-state index in [9.17, 15) is 0 Å². The first-order valence-corrected chi connectivity index (χ1v) is 6.31. The fourth-order valence-corrected chi connectivity index (χ4v) is 2.25.